The number of nitrogens with one attached hydrogen (secondary N) is 1. The van der Waals surface area contributed by atoms with E-state index in [0.717, 1.165) is 22.4 Å². The molecule has 3 aromatic rings. The number of hydrogen-bond donors (Lipinski definition) is 2. The first-order valence-corrected chi connectivity index (χ1v) is 8.94. The highest BCUT2D eigenvalue weighted by Gasteiger charge is 2.15. The van der Waals surface area contributed by atoms with Crippen molar-refractivity contribution in [1.29, 1.82) is 0 Å². The Morgan fingerprint density at radius 1 is 0.808 bits per heavy atom. The lowest BCUT2D eigenvalue weighted by molar-refractivity contribution is 0.135. The van der Waals surface area contributed by atoms with E-state index in [4.69, 9.17) is 4.74 Å². The first kappa shape index (κ1) is 18.2. The third-order valence-electron chi connectivity index (χ3n) is 4.41. The Morgan fingerprint density at radius 2 is 1.42 bits per heavy atom. The van der Waals surface area contributed by atoms with Gasteiger partial charge in [-0.2, -0.15) is 0 Å². The summed E-state index contributed by atoms with van der Waals surface area (Å²) in [6.45, 7) is 3.26. The molecule has 0 heterocycles. The van der Waals surface area contributed by atoms with Gasteiger partial charge in [0.05, 0.1) is 6.10 Å². The Bertz CT molecular complexity index is 772. The van der Waals surface area contributed by atoms with Crippen molar-refractivity contribution >= 4 is 0 Å². The summed E-state index contributed by atoms with van der Waals surface area (Å²) in [5.74, 6) is 0.856. The minimum Gasteiger partial charge on any atom is -0.489 e. The Kier molecular flexibility index (Phi) is 6.42. The van der Waals surface area contributed by atoms with Gasteiger partial charge in [-0.25, -0.2) is 0 Å². The van der Waals surface area contributed by atoms with Gasteiger partial charge >= 0.3 is 0 Å². The van der Waals surface area contributed by atoms with Crippen LogP contribution in [0, 0.1) is 0 Å². The molecule has 3 heteroatoms. The van der Waals surface area contributed by atoms with E-state index in [-0.39, 0.29) is 6.04 Å². The van der Waals surface area contributed by atoms with Crippen molar-refractivity contribution in [3.63, 3.8) is 0 Å². The summed E-state index contributed by atoms with van der Waals surface area (Å²) in [5, 5.41) is 13.8. The average Bonchev–Trinajstić information content (AvgIpc) is 2.72. The van der Waals surface area contributed by atoms with Gasteiger partial charge in [-0.1, -0.05) is 72.8 Å². The van der Waals surface area contributed by atoms with Crippen LogP contribution < -0.4 is 10.1 Å². The molecule has 3 aromatic carbocycles. The number of aliphatic hydroxyl groups is 1. The monoisotopic (exact) mass is 347 g/mol. The molecule has 0 aliphatic rings. The molecular weight excluding hydrogens is 322 g/mol. The maximum absolute atomic E-state index is 10.4. The van der Waals surface area contributed by atoms with Gasteiger partial charge in [-0.15, -0.1) is 0 Å². The first-order valence-electron chi connectivity index (χ1n) is 8.94. The largest absolute Gasteiger partial charge is 0.489 e. The molecule has 0 radical (unpaired) electrons. The van der Waals surface area contributed by atoms with Crippen LogP contribution >= 0.6 is 0 Å². The third kappa shape index (κ3) is 5.19. The highest BCUT2D eigenvalue weighted by atomic mass is 16.5. The molecule has 0 aromatic heterocycles. The van der Waals surface area contributed by atoms with Crippen LogP contribution in [0.2, 0.25) is 0 Å². The molecule has 0 bridgehead atoms. The third-order valence-corrected chi connectivity index (χ3v) is 4.41. The van der Waals surface area contributed by atoms with E-state index in [2.05, 4.69) is 29.6 Å². The Balaban J connectivity index is 1.48. The molecular formula is C23H25NO2. The molecule has 0 amide bonds. The van der Waals surface area contributed by atoms with E-state index < -0.39 is 6.10 Å². The fourth-order valence-electron chi connectivity index (χ4n) is 2.77. The smallest absolute Gasteiger partial charge is 0.119 e. The fraction of sp³-hybridized carbons (Fsp3) is 0.217. The number of hydrogen-bond acceptors (Lipinski definition) is 3. The van der Waals surface area contributed by atoms with E-state index in [1.165, 1.54) is 0 Å². The van der Waals surface area contributed by atoms with Crippen LogP contribution in [0.25, 0.3) is 0 Å². The zero-order valence-corrected chi connectivity index (χ0v) is 15.0. The van der Waals surface area contributed by atoms with E-state index in [9.17, 15) is 5.11 Å². The molecule has 3 rings (SSSR count). The Labute approximate surface area is 155 Å². The molecule has 2 N–H and O–H groups in total. The lowest BCUT2D eigenvalue weighted by atomic mass is 10.0. The zero-order valence-electron chi connectivity index (χ0n) is 15.0. The summed E-state index contributed by atoms with van der Waals surface area (Å²) in [5.41, 5.74) is 3.24. The molecule has 0 aliphatic heterocycles. The highest BCUT2D eigenvalue weighted by Crippen LogP contribution is 2.18. The maximum atomic E-state index is 10.4. The molecule has 0 saturated heterocycles. The number of rotatable bonds is 8. The summed E-state index contributed by atoms with van der Waals surface area (Å²) in [7, 11) is 0. The van der Waals surface area contributed by atoms with Crippen molar-refractivity contribution in [3.05, 3.63) is 102 Å². The van der Waals surface area contributed by atoms with Gasteiger partial charge in [0.1, 0.15) is 12.4 Å². The van der Waals surface area contributed by atoms with E-state index >= 15 is 0 Å². The molecule has 0 aliphatic carbocycles. The molecule has 3 nitrogen and oxygen atoms in total. The number of aliphatic hydroxyl groups excluding tert-OH is 1. The average molecular weight is 347 g/mol. The van der Waals surface area contributed by atoms with E-state index in [1.807, 2.05) is 67.6 Å². The van der Waals surface area contributed by atoms with Crippen LogP contribution in [0.15, 0.2) is 84.9 Å². The minimum absolute atomic E-state index is 0.0357. The van der Waals surface area contributed by atoms with Crippen molar-refractivity contribution in [1.82, 2.24) is 5.32 Å². The normalized spacial score (nSPS) is 13.2. The molecule has 0 spiro atoms. The van der Waals surface area contributed by atoms with Gasteiger partial charge in [0.2, 0.25) is 0 Å². The van der Waals surface area contributed by atoms with Crippen molar-refractivity contribution in [2.45, 2.75) is 32.2 Å². The van der Waals surface area contributed by atoms with Crippen molar-refractivity contribution in [2.24, 2.45) is 0 Å². The van der Waals surface area contributed by atoms with Gasteiger partial charge in [-0.05, 0) is 35.7 Å². The molecule has 26 heavy (non-hydrogen) atoms. The summed E-state index contributed by atoms with van der Waals surface area (Å²) >= 11 is 0. The molecule has 134 valence electrons. The lowest BCUT2D eigenvalue weighted by Gasteiger charge is -2.20. The van der Waals surface area contributed by atoms with Crippen LogP contribution in [0.3, 0.4) is 0 Å². The predicted molar refractivity (Wildman–Crippen MR) is 105 cm³/mol. The summed E-state index contributed by atoms with van der Waals surface area (Å²) in [6.07, 6.45) is -0.523. The van der Waals surface area contributed by atoms with Crippen LogP contribution in [-0.4, -0.2) is 11.1 Å². The second kappa shape index (κ2) is 9.18. The quantitative estimate of drug-likeness (QED) is 0.631. The Hall–Kier alpha value is -2.62. The van der Waals surface area contributed by atoms with Gasteiger partial charge in [0, 0.05) is 12.6 Å². The van der Waals surface area contributed by atoms with Crippen molar-refractivity contribution in [3.8, 4) is 5.75 Å². The topological polar surface area (TPSA) is 41.5 Å². The van der Waals surface area contributed by atoms with E-state index in [1.54, 1.807) is 0 Å². The molecule has 0 saturated carbocycles. The number of benzene rings is 3. The fourth-order valence-corrected chi connectivity index (χ4v) is 2.77. The summed E-state index contributed by atoms with van der Waals surface area (Å²) < 4.78 is 5.81. The van der Waals surface area contributed by atoms with Crippen LogP contribution in [0.4, 0.5) is 0 Å². The number of ether oxygens (including phenoxy) is 1. The molecule has 2 atom stereocenters. The van der Waals surface area contributed by atoms with Crippen molar-refractivity contribution in [2.75, 3.05) is 0 Å². The van der Waals surface area contributed by atoms with Crippen molar-refractivity contribution < 1.29 is 9.84 Å². The van der Waals surface area contributed by atoms with E-state index in [0.29, 0.717) is 13.2 Å². The summed E-state index contributed by atoms with van der Waals surface area (Å²) in [6, 6.07) is 27.9. The second-order valence-electron chi connectivity index (χ2n) is 6.44. The molecule has 2 unspecified atom stereocenters. The SMILES string of the molecule is CC(NCc1ccc(OCc2ccccc2)cc1)C(O)c1ccccc1. The lowest BCUT2D eigenvalue weighted by Crippen LogP contribution is -2.31. The van der Waals surface area contributed by atoms with Gasteiger partial charge in [0.25, 0.3) is 0 Å². The predicted octanol–water partition coefficient (Wildman–Crippen LogP) is 4.48. The Morgan fingerprint density at radius 3 is 2.08 bits per heavy atom. The van der Waals surface area contributed by atoms with Gasteiger partial charge in [0.15, 0.2) is 0 Å². The minimum atomic E-state index is -0.523. The highest BCUT2D eigenvalue weighted by molar-refractivity contribution is 5.28. The standard InChI is InChI=1S/C23H25NO2/c1-18(23(25)21-10-6-3-7-11-21)24-16-19-12-14-22(15-13-19)26-17-20-8-4-2-5-9-20/h2-15,18,23-25H,16-17H2,1H3. The maximum Gasteiger partial charge on any atom is 0.119 e. The van der Waals surface area contributed by atoms with Crippen LogP contribution in [-0.2, 0) is 13.2 Å². The first-order chi connectivity index (χ1) is 12.7. The zero-order chi connectivity index (χ0) is 18.2. The van der Waals surface area contributed by atoms with Gasteiger partial charge in [-0.3, -0.25) is 0 Å². The second-order valence-corrected chi connectivity index (χ2v) is 6.44. The van der Waals surface area contributed by atoms with Crippen LogP contribution in [0.5, 0.6) is 5.75 Å². The summed E-state index contributed by atoms with van der Waals surface area (Å²) in [4.78, 5) is 0. The van der Waals surface area contributed by atoms with Gasteiger partial charge < -0.3 is 15.2 Å². The van der Waals surface area contributed by atoms with Crippen LogP contribution in [0.1, 0.15) is 29.7 Å². The molecule has 0 fully saturated rings.